The number of hydrogen-bond donors (Lipinski definition) is 1. The largest absolute Gasteiger partial charge is 0.464 e. The van der Waals surface area contributed by atoms with Crippen LogP contribution in [0.15, 0.2) is 65.3 Å². The lowest BCUT2D eigenvalue weighted by Crippen LogP contribution is -2.37. The normalized spacial score (nSPS) is 14.1. The van der Waals surface area contributed by atoms with E-state index in [-0.39, 0.29) is 18.2 Å². The number of hydrogen-bond acceptors (Lipinski definition) is 4. The number of carbonyl (C=O) groups excluding carboxylic acids is 2. The highest BCUT2D eigenvalue weighted by Gasteiger charge is 2.19. The zero-order chi connectivity index (χ0) is 22.1. The summed E-state index contributed by atoms with van der Waals surface area (Å²) in [5.41, 5.74) is 3.90. The van der Waals surface area contributed by atoms with Gasteiger partial charge in [0.2, 0.25) is 5.91 Å². The zero-order valence-electron chi connectivity index (χ0n) is 17.9. The smallest absolute Gasteiger partial charge is 0.253 e. The fourth-order valence-corrected chi connectivity index (χ4v) is 5.16. The quantitative estimate of drug-likeness (QED) is 0.466. The highest BCUT2D eigenvalue weighted by Crippen LogP contribution is 2.30. The predicted molar refractivity (Wildman–Crippen MR) is 130 cm³/mol. The number of carbonyl (C=O) groups is 2. The Morgan fingerprint density at radius 2 is 1.88 bits per heavy atom. The fourth-order valence-electron chi connectivity index (χ4n) is 4.26. The summed E-state index contributed by atoms with van der Waals surface area (Å²) in [6.45, 7) is 3.49. The predicted octanol–water partition coefficient (Wildman–Crippen LogP) is 5.26. The molecule has 2 amide bonds. The number of furan rings is 1. The first-order valence-electron chi connectivity index (χ1n) is 10.8. The van der Waals surface area contributed by atoms with Crippen LogP contribution in [0.5, 0.6) is 0 Å². The molecule has 1 aliphatic heterocycles. The molecule has 0 radical (unpaired) electrons. The van der Waals surface area contributed by atoms with Crippen molar-refractivity contribution in [2.24, 2.45) is 0 Å². The van der Waals surface area contributed by atoms with Gasteiger partial charge in [-0.3, -0.25) is 9.59 Å². The number of nitrogens with zero attached hydrogens (tertiary/aromatic N) is 1. The molecular weight excluding hydrogens is 420 g/mol. The average Bonchev–Trinajstić information content (AvgIpc) is 3.23. The molecule has 1 saturated heterocycles. The number of rotatable bonds is 4. The highest BCUT2D eigenvalue weighted by molar-refractivity contribution is 7.99. The Morgan fingerprint density at radius 1 is 1.06 bits per heavy atom. The van der Waals surface area contributed by atoms with Crippen LogP contribution in [0.4, 0.5) is 5.69 Å². The second-order valence-corrected chi connectivity index (χ2v) is 9.30. The number of aryl methyl sites for hydroxylation is 1. The molecule has 32 heavy (non-hydrogen) atoms. The summed E-state index contributed by atoms with van der Waals surface area (Å²) >= 11 is 1.88. The van der Waals surface area contributed by atoms with Crippen LogP contribution in [0.3, 0.4) is 0 Å². The van der Waals surface area contributed by atoms with Gasteiger partial charge in [-0.1, -0.05) is 30.3 Å². The Bertz CT molecular complexity index is 1320. The third-order valence-corrected chi connectivity index (χ3v) is 6.88. The first-order chi connectivity index (χ1) is 15.6. The Labute approximate surface area is 190 Å². The number of thioether (sulfide) groups is 1. The first kappa shape index (κ1) is 20.6. The summed E-state index contributed by atoms with van der Waals surface area (Å²) in [4.78, 5) is 27.5. The minimum Gasteiger partial charge on any atom is -0.464 e. The molecule has 5 nitrogen and oxygen atoms in total. The van der Waals surface area contributed by atoms with Crippen molar-refractivity contribution >= 4 is 51.0 Å². The van der Waals surface area contributed by atoms with Gasteiger partial charge in [-0.05, 0) is 47.5 Å². The maximum Gasteiger partial charge on any atom is 0.253 e. The maximum absolute atomic E-state index is 12.8. The monoisotopic (exact) mass is 444 g/mol. The molecule has 1 aromatic heterocycles. The molecule has 0 unspecified atom stereocenters. The standard InChI is InChI=1S/C26H24N2O3S/c1-17-14-19(26(30)28-10-12-32-13-11-28)6-8-22(17)27-24(29)15-20-16-31-23-9-7-18-4-2-3-5-21(18)25(20)23/h2-9,14,16H,10-13,15H2,1H3,(H,27,29). The van der Waals surface area contributed by atoms with Gasteiger partial charge < -0.3 is 14.6 Å². The van der Waals surface area contributed by atoms with Crippen molar-refractivity contribution in [3.05, 3.63) is 77.6 Å². The number of amides is 2. The summed E-state index contributed by atoms with van der Waals surface area (Å²) < 4.78 is 5.71. The van der Waals surface area contributed by atoms with Crippen molar-refractivity contribution in [1.29, 1.82) is 0 Å². The molecule has 0 bridgehead atoms. The van der Waals surface area contributed by atoms with Gasteiger partial charge in [-0.25, -0.2) is 0 Å². The van der Waals surface area contributed by atoms with Crippen molar-refractivity contribution < 1.29 is 14.0 Å². The Hall–Kier alpha value is -3.25. The lowest BCUT2D eigenvalue weighted by Gasteiger charge is -2.26. The van der Waals surface area contributed by atoms with E-state index in [9.17, 15) is 9.59 Å². The molecule has 1 fully saturated rings. The molecule has 5 rings (SSSR count). The van der Waals surface area contributed by atoms with E-state index >= 15 is 0 Å². The van der Waals surface area contributed by atoms with Gasteiger partial charge in [0.05, 0.1) is 12.7 Å². The molecule has 1 N–H and O–H groups in total. The molecule has 3 aromatic carbocycles. The SMILES string of the molecule is Cc1cc(C(=O)N2CCSCC2)ccc1NC(=O)Cc1coc2ccc3ccccc3c12. The fraction of sp³-hybridized carbons (Fsp3) is 0.231. The third-order valence-electron chi connectivity index (χ3n) is 5.94. The Morgan fingerprint density at radius 3 is 2.69 bits per heavy atom. The summed E-state index contributed by atoms with van der Waals surface area (Å²) in [7, 11) is 0. The topological polar surface area (TPSA) is 62.6 Å². The lowest BCUT2D eigenvalue weighted by atomic mass is 10.0. The molecule has 4 aromatic rings. The van der Waals surface area contributed by atoms with E-state index in [2.05, 4.69) is 17.4 Å². The summed E-state index contributed by atoms with van der Waals surface area (Å²) in [5.74, 6) is 1.91. The second kappa shape index (κ2) is 8.71. The molecule has 0 saturated carbocycles. The molecule has 162 valence electrons. The van der Waals surface area contributed by atoms with Crippen LogP contribution >= 0.6 is 11.8 Å². The third kappa shape index (κ3) is 3.98. The molecule has 2 heterocycles. The minimum atomic E-state index is -0.115. The Kier molecular flexibility index (Phi) is 5.62. The van der Waals surface area contributed by atoms with Crippen molar-refractivity contribution in [1.82, 2.24) is 4.90 Å². The van der Waals surface area contributed by atoms with Crippen LogP contribution in [0, 0.1) is 6.92 Å². The molecular formula is C26H24N2O3S. The Balaban J connectivity index is 1.33. The van der Waals surface area contributed by atoms with Gasteiger partial charge in [0, 0.05) is 46.8 Å². The number of fused-ring (bicyclic) bond motifs is 3. The number of benzene rings is 3. The van der Waals surface area contributed by atoms with Crippen LogP contribution in [-0.4, -0.2) is 41.3 Å². The lowest BCUT2D eigenvalue weighted by molar-refractivity contribution is -0.115. The van der Waals surface area contributed by atoms with E-state index in [1.54, 1.807) is 12.3 Å². The van der Waals surface area contributed by atoms with Gasteiger partial charge in [-0.15, -0.1) is 0 Å². The molecule has 0 aliphatic carbocycles. The zero-order valence-corrected chi connectivity index (χ0v) is 18.7. The summed E-state index contributed by atoms with van der Waals surface area (Å²) in [5, 5.41) is 6.18. The van der Waals surface area contributed by atoms with E-state index in [0.29, 0.717) is 5.56 Å². The van der Waals surface area contributed by atoms with Crippen LogP contribution < -0.4 is 5.32 Å². The van der Waals surface area contributed by atoms with Crippen molar-refractivity contribution in [3.63, 3.8) is 0 Å². The van der Waals surface area contributed by atoms with Gasteiger partial charge in [0.15, 0.2) is 0 Å². The first-order valence-corrected chi connectivity index (χ1v) is 11.9. The molecule has 0 spiro atoms. The van der Waals surface area contributed by atoms with Gasteiger partial charge in [-0.2, -0.15) is 11.8 Å². The summed E-state index contributed by atoms with van der Waals surface area (Å²) in [6, 6.07) is 17.6. The van der Waals surface area contributed by atoms with E-state index < -0.39 is 0 Å². The molecule has 0 atom stereocenters. The van der Waals surface area contributed by atoms with Gasteiger partial charge in [0.1, 0.15) is 5.58 Å². The van der Waals surface area contributed by atoms with Crippen molar-refractivity contribution in [2.75, 3.05) is 29.9 Å². The second-order valence-electron chi connectivity index (χ2n) is 8.08. The van der Waals surface area contributed by atoms with E-state index in [1.165, 1.54) is 0 Å². The van der Waals surface area contributed by atoms with Crippen LogP contribution in [0.25, 0.3) is 21.7 Å². The van der Waals surface area contributed by atoms with E-state index in [1.807, 2.05) is 60.0 Å². The van der Waals surface area contributed by atoms with Gasteiger partial charge >= 0.3 is 0 Å². The minimum absolute atomic E-state index is 0.0584. The van der Waals surface area contributed by atoms with E-state index in [0.717, 1.165) is 63.2 Å². The van der Waals surface area contributed by atoms with Crippen molar-refractivity contribution in [2.45, 2.75) is 13.3 Å². The highest BCUT2D eigenvalue weighted by atomic mass is 32.2. The molecule has 1 aliphatic rings. The van der Waals surface area contributed by atoms with Crippen LogP contribution in [0.2, 0.25) is 0 Å². The maximum atomic E-state index is 12.8. The average molecular weight is 445 g/mol. The number of nitrogens with one attached hydrogen (secondary N) is 1. The van der Waals surface area contributed by atoms with Crippen LogP contribution in [0.1, 0.15) is 21.5 Å². The van der Waals surface area contributed by atoms with Crippen LogP contribution in [-0.2, 0) is 11.2 Å². The van der Waals surface area contributed by atoms with Crippen molar-refractivity contribution in [3.8, 4) is 0 Å². The van der Waals surface area contributed by atoms with Gasteiger partial charge in [0.25, 0.3) is 5.91 Å². The summed E-state index contributed by atoms with van der Waals surface area (Å²) in [6.07, 6.45) is 1.88. The van der Waals surface area contributed by atoms with E-state index in [4.69, 9.17) is 4.42 Å². The molecule has 6 heteroatoms. The number of anilines is 1.